The molecule has 0 spiro atoms. The Labute approximate surface area is 99.5 Å². The summed E-state index contributed by atoms with van der Waals surface area (Å²) in [4.78, 5) is 9.94. The molecule has 1 heterocycles. The first-order chi connectivity index (χ1) is 8.43. The van der Waals surface area contributed by atoms with Gasteiger partial charge in [0, 0.05) is 5.56 Å². The molecule has 86 valence electrons. The first-order valence-electron chi connectivity index (χ1n) is 5.51. The van der Waals surface area contributed by atoms with E-state index in [9.17, 15) is 0 Å². The van der Waals surface area contributed by atoms with Gasteiger partial charge in [-0.3, -0.25) is 0 Å². The number of fused-ring (bicyclic) bond motifs is 1. The zero-order valence-corrected chi connectivity index (χ0v) is 9.26. The SMILES string of the molecule is c1ccc(Oc2cccc3c2COOC3)cc1. The van der Waals surface area contributed by atoms with Gasteiger partial charge in [-0.25, -0.2) is 9.78 Å². The fourth-order valence-corrected chi connectivity index (χ4v) is 1.83. The van der Waals surface area contributed by atoms with Gasteiger partial charge in [0.15, 0.2) is 0 Å². The van der Waals surface area contributed by atoms with Crippen LogP contribution in [0.3, 0.4) is 0 Å². The van der Waals surface area contributed by atoms with Gasteiger partial charge in [0.1, 0.15) is 24.7 Å². The molecule has 1 aliphatic heterocycles. The molecule has 0 radical (unpaired) electrons. The van der Waals surface area contributed by atoms with Gasteiger partial charge in [0.2, 0.25) is 0 Å². The van der Waals surface area contributed by atoms with E-state index in [1.807, 2.05) is 48.5 Å². The number of hydrogen-bond acceptors (Lipinski definition) is 3. The Bertz CT molecular complexity index is 508. The Hall–Kier alpha value is -1.84. The van der Waals surface area contributed by atoms with Crippen LogP contribution in [-0.4, -0.2) is 0 Å². The van der Waals surface area contributed by atoms with Gasteiger partial charge >= 0.3 is 0 Å². The van der Waals surface area contributed by atoms with E-state index < -0.39 is 0 Å². The molecule has 0 fully saturated rings. The monoisotopic (exact) mass is 228 g/mol. The van der Waals surface area contributed by atoms with Crippen LogP contribution in [0.4, 0.5) is 0 Å². The summed E-state index contributed by atoms with van der Waals surface area (Å²) in [5, 5.41) is 0. The molecule has 0 amide bonds. The van der Waals surface area contributed by atoms with Crippen molar-refractivity contribution in [2.75, 3.05) is 0 Å². The van der Waals surface area contributed by atoms with Crippen LogP contribution in [0.15, 0.2) is 48.5 Å². The van der Waals surface area contributed by atoms with Gasteiger partial charge in [0.25, 0.3) is 0 Å². The zero-order chi connectivity index (χ0) is 11.5. The standard InChI is InChI=1S/C14H12O3/c1-2-6-12(7-3-1)17-14-8-4-5-11-9-15-16-10-13(11)14/h1-8H,9-10H2. The van der Waals surface area contributed by atoms with Crippen molar-refractivity contribution < 1.29 is 14.5 Å². The third-order valence-electron chi connectivity index (χ3n) is 2.70. The first-order valence-corrected chi connectivity index (χ1v) is 5.51. The smallest absolute Gasteiger partial charge is 0.133 e. The fourth-order valence-electron chi connectivity index (χ4n) is 1.83. The molecule has 0 N–H and O–H groups in total. The minimum Gasteiger partial charge on any atom is -0.457 e. The zero-order valence-electron chi connectivity index (χ0n) is 9.26. The lowest BCUT2D eigenvalue weighted by Crippen LogP contribution is -2.08. The highest BCUT2D eigenvalue weighted by Gasteiger charge is 2.15. The third kappa shape index (κ3) is 2.16. The van der Waals surface area contributed by atoms with Crippen molar-refractivity contribution >= 4 is 0 Å². The summed E-state index contributed by atoms with van der Waals surface area (Å²) in [7, 11) is 0. The molecular formula is C14H12O3. The van der Waals surface area contributed by atoms with Crippen LogP contribution in [-0.2, 0) is 23.0 Å². The van der Waals surface area contributed by atoms with Crippen molar-refractivity contribution in [2.45, 2.75) is 13.2 Å². The lowest BCUT2D eigenvalue weighted by Gasteiger charge is -2.18. The normalized spacial score (nSPS) is 14.1. The van der Waals surface area contributed by atoms with E-state index in [0.717, 1.165) is 22.6 Å². The maximum absolute atomic E-state index is 5.84. The molecule has 17 heavy (non-hydrogen) atoms. The Balaban J connectivity index is 1.93. The van der Waals surface area contributed by atoms with Gasteiger partial charge < -0.3 is 4.74 Å². The van der Waals surface area contributed by atoms with E-state index in [2.05, 4.69) is 0 Å². The minimum absolute atomic E-state index is 0.429. The second-order valence-corrected chi connectivity index (χ2v) is 3.83. The largest absolute Gasteiger partial charge is 0.457 e. The Morgan fingerprint density at radius 1 is 0.824 bits per heavy atom. The number of benzene rings is 2. The van der Waals surface area contributed by atoms with E-state index in [-0.39, 0.29) is 0 Å². The fraction of sp³-hybridized carbons (Fsp3) is 0.143. The molecule has 3 rings (SSSR count). The van der Waals surface area contributed by atoms with Crippen molar-refractivity contribution in [1.82, 2.24) is 0 Å². The molecule has 0 bridgehead atoms. The first kappa shape index (κ1) is 10.3. The molecule has 0 atom stereocenters. The van der Waals surface area contributed by atoms with Crippen LogP contribution >= 0.6 is 0 Å². The van der Waals surface area contributed by atoms with Gasteiger partial charge in [0.05, 0.1) is 0 Å². The predicted molar refractivity (Wildman–Crippen MR) is 62.5 cm³/mol. The van der Waals surface area contributed by atoms with Gasteiger partial charge in [-0.15, -0.1) is 0 Å². The van der Waals surface area contributed by atoms with Crippen molar-refractivity contribution in [3.63, 3.8) is 0 Å². The van der Waals surface area contributed by atoms with Crippen molar-refractivity contribution in [3.8, 4) is 11.5 Å². The number of hydrogen-bond donors (Lipinski definition) is 0. The molecule has 2 aromatic carbocycles. The second-order valence-electron chi connectivity index (χ2n) is 3.83. The van der Waals surface area contributed by atoms with Crippen molar-refractivity contribution in [2.24, 2.45) is 0 Å². The third-order valence-corrected chi connectivity index (χ3v) is 2.70. The average Bonchev–Trinajstić information content (AvgIpc) is 2.40. The quantitative estimate of drug-likeness (QED) is 0.737. The van der Waals surface area contributed by atoms with Crippen LogP contribution in [0.1, 0.15) is 11.1 Å². The van der Waals surface area contributed by atoms with E-state index in [4.69, 9.17) is 14.5 Å². The highest BCUT2D eigenvalue weighted by molar-refractivity contribution is 5.42. The maximum Gasteiger partial charge on any atom is 0.133 e. The number of ether oxygens (including phenoxy) is 1. The van der Waals surface area contributed by atoms with E-state index in [0.29, 0.717) is 13.2 Å². The summed E-state index contributed by atoms with van der Waals surface area (Å²) in [6, 6.07) is 15.7. The van der Waals surface area contributed by atoms with Crippen LogP contribution in [0.25, 0.3) is 0 Å². The van der Waals surface area contributed by atoms with Crippen LogP contribution in [0.5, 0.6) is 11.5 Å². The van der Waals surface area contributed by atoms with E-state index in [1.54, 1.807) is 0 Å². The summed E-state index contributed by atoms with van der Waals surface area (Å²) in [6.45, 7) is 0.902. The number of para-hydroxylation sites is 1. The molecular weight excluding hydrogens is 216 g/mol. The Morgan fingerprint density at radius 3 is 2.53 bits per heavy atom. The molecule has 1 aliphatic rings. The number of rotatable bonds is 2. The van der Waals surface area contributed by atoms with Crippen LogP contribution in [0.2, 0.25) is 0 Å². The van der Waals surface area contributed by atoms with Crippen molar-refractivity contribution in [1.29, 1.82) is 0 Å². The van der Waals surface area contributed by atoms with Gasteiger partial charge in [-0.05, 0) is 23.8 Å². The predicted octanol–water partition coefficient (Wildman–Crippen LogP) is 3.44. The van der Waals surface area contributed by atoms with E-state index in [1.165, 1.54) is 0 Å². The summed E-state index contributed by atoms with van der Waals surface area (Å²) >= 11 is 0. The lowest BCUT2D eigenvalue weighted by molar-refractivity contribution is -0.322. The Morgan fingerprint density at radius 2 is 1.65 bits per heavy atom. The average molecular weight is 228 g/mol. The molecule has 3 nitrogen and oxygen atoms in total. The maximum atomic E-state index is 5.84. The van der Waals surface area contributed by atoms with Crippen molar-refractivity contribution in [3.05, 3.63) is 59.7 Å². The second kappa shape index (κ2) is 4.57. The molecule has 0 saturated heterocycles. The molecule has 3 heteroatoms. The molecule has 0 unspecified atom stereocenters. The van der Waals surface area contributed by atoms with Gasteiger partial charge in [-0.1, -0.05) is 30.3 Å². The summed E-state index contributed by atoms with van der Waals surface area (Å²) in [5.41, 5.74) is 2.17. The highest BCUT2D eigenvalue weighted by atomic mass is 17.2. The topological polar surface area (TPSA) is 27.7 Å². The Kier molecular flexibility index (Phi) is 2.78. The molecule has 2 aromatic rings. The summed E-state index contributed by atoms with van der Waals surface area (Å²) in [6.07, 6.45) is 0. The minimum atomic E-state index is 0.429. The molecule has 0 aliphatic carbocycles. The molecule has 0 aromatic heterocycles. The summed E-state index contributed by atoms with van der Waals surface area (Å²) in [5.74, 6) is 1.66. The van der Waals surface area contributed by atoms with Crippen LogP contribution < -0.4 is 4.74 Å². The molecule has 0 saturated carbocycles. The van der Waals surface area contributed by atoms with Gasteiger partial charge in [-0.2, -0.15) is 0 Å². The van der Waals surface area contributed by atoms with Crippen LogP contribution in [0, 0.1) is 0 Å². The highest BCUT2D eigenvalue weighted by Crippen LogP contribution is 2.30. The summed E-state index contributed by atoms with van der Waals surface area (Å²) < 4.78 is 5.84. The lowest BCUT2D eigenvalue weighted by atomic mass is 10.1. The van der Waals surface area contributed by atoms with E-state index >= 15 is 0 Å².